The topological polar surface area (TPSA) is 12.9 Å². The van der Waals surface area contributed by atoms with Crippen LogP contribution in [-0.4, -0.2) is 4.98 Å². The van der Waals surface area contributed by atoms with E-state index >= 15 is 0 Å². The lowest BCUT2D eigenvalue weighted by atomic mass is 10.2. The minimum atomic E-state index is 0.533. The first kappa shape index (κ1) is 7.55. The average molecular weight is 155 g/mol. The highest BCUT2D eigenvalue weighted by Gasteiger charge is 1.92. The fraction of sp³-hybridized carbons (Fsp3) is 0.375. The molecule has 1 aromatic heterocycles. The van der Waals surface area contributed by atoms with Crippen LogP contribution in [-0.2, 0) is 6.42 Å². The molecule has 1 radical (unpaired) electrons. The van der Waals surface area contributed by atoms with Crippen molar-refractivity contribution < 1.29 is 0 Å². The van der Waals surface area contributed by atoms with Gasteiger partial charge < -0.3 is 0 Å². The summed E-state index contributed by atoms with van der Waals surface area (Å²) in [5, 5.41) is 0.533. The van der Waals surface area contributed by atoms with E-state index in [1.165, 1.54) is 0 Å². The van der Waals surface area contributed by atoms with E-state index in [4.69, 9.17) is 11.6 Å². The highest BCUT2D eigenvalue weighted by molar-refractivity contribution is 6.29. The molecular weight excluding hydrogens is 146 g/mol. The molecule has 0 spiro atoms. The molecule has 1 nitrogen and oxygen atoms in total. The third-order valence-corrected chi connectivity index (χ3v) is 1.40. The molecule has 0 unspecified atom stereocenters. The van der Waals surface area contributed by atoms with E-state index in [-0.39, 0.29) is 0 Å². The van der Waals surface area contributed by atoms with Crippen LogP contribution >= 0.6 is 11.6 Å². The summed E-state index contributed by atoms with van der Waals surface area (Å²) in [5.41, 5.74) is 1.02. The van der Waals surface area contributed by atoms with Crippen molar-refractivity contribution in [2.45, 2.75) is 19.8 Å². The van der Waals surface area contributed by atoms with Gasteiger partial charge in [0.1, 0.15) is 5.15 Å². The summed E-state index contributed by atoms with van der Waals surface area (Å²) in [4.78, 5) is 4.10. The van der Waals surface area contributed by atoms with Crippen molar-refractivity contribution in [2.75, 3.05) is 0 Å². The van der Waals surface area contributed by atoms with Gasteiger partial charge in [0.05, 0.1) is 0 Å². The van der Waals surface area contributed by atoms with Crippen LogP contribution in [0.4, 0.5) is 0 Å². The third kappa shape index (κ3) is 1.99. The number of aromatic nitrogens is 1. The first-order valence-corrected chi connectivity index (χ1v) is 3.73. The molecule has 2 heteroatoms. The van der Waals surface area contributed by atoms with Gasteiger partial charge in [-0.15, -0.1) is 0 Å². The predicted molar refractivity (Wildman–Crippen MR) is 42.1 cm³/mol. The summed E-state index contributed by atoms with van der Waals surface area (Å²) in [6, 6.07) is 6.46. The second-order valence-corrected chi connectivity index (χ2v) is 2.52. The Morgan fingerprint density at radius 3 is 3.00 bits per heavy atom. The van der Waals surface area contributed by atoms with Gasteiger partial charge in [0.15, 0.2) is 0 Å². The molecule has 0 N–H and O–H groups in total. The van der Waals surface area contributed by atoms with E-state index in [0.29, 0.717) is 5.15 Å². The fourth-order valence-electron chi connectivity index (χ4n) is 0.793. The van der Waals surface area contributed by atoms with Crippen LogP contribution in [0.25, 0.3) is 0 Å². The fourth-order valence-corrected chi connectivity index (χ4v) is 0.964. The Hall–Kier alpha value is -0.560. The van der Waals surface area contributed by atoms with E-state index in [0.717, 1.165) is 18.5 Å². The Kier molecular flexibility index (Phi) is 2.69. The molecule has 1 rings (SSSR count). The molecule has 0 aliphatic heterocycles. The molecule has 0 aromatic carbocycles. The smallest absolute Gasteiger partial charge is 0.129 e. The van der Waals surface area contributed by atoms with Gasteiger partial charge in [-0.1, -0.05) is 24.9 Å². The van der Waals surface area contributed by atoms with E-state index < -0.39 is 0 Å². The summed E-state index contributed by atoms with van der Waals surface area (Å²) in [5.74, 6) is 0. The SMILES string of the molecule is CCCc1c[c]cc(Cl)n1. The summed E-state index contributed by atoms with van der Waals surface area (Å²) >= 11 is 5.64. The van der Waals surface area contributed by atoms with Crippen LogP contribution in [0.3, 0.4) is 0 Å². The second-order valence-electron chi connectivity index (χ2n) is 2.13. The highest BCUT2D eigenvalue weighted by atomic mass is 35.5. The van der Waals surface area contributed by atoms with Crippen LogP contribution in [0.2, 0.25) is 5.15 Å². The molecule has 53 valence electrons. The third-order valence-electron chi connectivity index (χ3n) is 1.21. The Balaban J connectivity index is 2.75. The number of aryl methyl sites for hydroxylation is 1. The quantitative estimate of drug-likeness (QED) is 0.597. The maximum absolute atomic E-state index is 5.64. The second kappa shape index (κ2) is 3.57. The van der Waals surface area contributed by atoms with Crippen LogP contribution in [0, 0.1) is 6.07 Å². The Morgan fingerprint density at radius 1 is 1.60 bits per heavy atom. The molecular formula is C8H9ClN. The van der Waals surface area contributed by atoms with Crippen molar-refractivity contribution in [1.29, 1.82) is 0 Å². The normalized spacial score (nSPS) is 9.80. The molecule has 1 aromatic rings. The van der Waals surface area contributed by atoms with Crippen LogP contribution in [0.5, 0.6) is 0 Å². The van der Waals surface area contributed by atoms with E-state index in [1.807, 2.05) is 6.07 Å². The van der Waals surface area contributed by atoms with Gasteiger partial charge in [-0.25, -0.2) is 4.98 Å². The average Bonchev–Trinajstić information content (AvgIpc) is 1.88. The molecule has 0 bridgehead atoms. The van der Waals surface area contributed by atoms with Crippen molar-refractivity contribution in [3.8, 4) is 0 Å². The summed E-state index contributed by atoms with van der Waals surface area (Å²) < 4.78 is 0. The van der Waals surface area contributed by atoms with E-state index in [1.54, 1.807) is 6.07 Å². The zero-order chi connectivity index (χ0) is 7.40. The van der Waals surface area contributed by atoms with Gasteiger partial charge in [0.25, 0.3) is 0 Å². The maximum Gasteiger partial charge on any atom is 0.129 e. The van der Waals surface area contributed by atoms with Gasteiger partial charge in [-0.05, 0) is 24.6 Å². The molecule has 0 saturated carbocycles. The molecule has 0 atom stereocenters. The molecule has 10 heavy (non-hydrogen) atoms. The molecule has 1 heterocycles. The molecule has 0 amide bonds. The van der Waals surface area contributed by atoms with Gasteiger partial charge in [0, 0.05) is 5.69 Å². The van der Waals surface area contributed by atoms with Crippen molar-refractivity contribution in [3.63, 3.8) is 0 Å². The van der Waals surface area contributed by atoms with Crippen molar-refractivity contribution in [2.24, 2.45) is 0 Å². The number of hydrogen-bond donors (Lipinski definition) is 0. The Labute approximate surface area is 66.0 Å². The lowest BCUT2D eigenvalue weighted by molar-refractivity contribution is 0.882. The van der Waals surface area contributed by atoms with Crippen molar-refractivity contribution in [1.82, 2.24) is 4.98 Å². The van der Waals surface area contributed by atoms with Gasteiger partial charge in [0.2, 0.25) is 0 Å². The summed E-state index contributed by atoms with van der Waals surface area (Å²) in [7, 11) is 0. The first-order chi connectivity index (χ1) is 4.83. The Bertz CT molecular complexity index is 210. The summed E-state index contributed by atoms with van der Waals surface area (Å²) in [6.07, 6.45) is 2.08. The van der Waals surface area contributed by atoms with Crippen LogP contribution < -0.4 is 0 Å². The Morgan fingerprint density at radius 2 is 2.40 bits per heavy atom. The van der Waals surface area contributed by atoms with Crippen molar-refractivity contribution in [3.05, 3.63) is 29.0 Å². The number of hydrogen-bond acceptors (Lipinski definition) is 1. The lowest BCUT2D eigenvalue weighted by Gasteiger charge is -1.95. The molecule has 0 aliphatic rings. The first-order valence-electron chi connectivity index (χ1n) is 3.35. The van der Waals surface area contributed by atoms with Gasteiger partial charge in [-0.3, -0.25) is 0 Å². The number of nitrogens with zero attached hydrogens (tertiary/aromatic N) is 1. The monoisotopic (exact) mass is 154 g/mol. The van der Waals surface area contributed by atoms with E-state index in [2.05, 4.69) is 18.0 Å². The zero-order valence-corrected chi connectivity index (χ0v) is 6.65. The molecule has 0 aliphatic carbocycles. The van der Waals surface area contributed by atoms with Crippen molar-refractivity contribution >= 4 is 11.6 Å². The highest BCUT2D eigenvalue weighted by Crippen LogP contribution is 2.05. The van der Waals surface area contributed by atoms with Gasteiger partial charge in [-0.2, -0.15) is 0 Å². The van der Waals surface area contributed by atoms with Crippen LogP contribution in [0.1, 0.15) is 19.0 Å². The number of rotatable bonds is 2. The van der Waals surface area contributed by atoms with Crippen LogP contribution in [0.15, 0.2) is 12.1 Å². The zero-order valence-electron chi connectivity index (χ0n) is 5.89. The standard InChI is InChI=1S/C8H9ClN/c1-2-4-7-5-3-6-8(9)10-7/h5-6H,2,4H2,1H3. The van der Waals surface area contributed by atoms with E-state index in [9.17, 15) is 0 Å². The largest absolute Gasteiger partial charge is 0.241 e. The maximum atomic E-state index is 5.64. The summed E-state index contributed by atoms with van der Waals surface area (Å²) in [6.45, 7) is 2.11. The predicted octanol–water partition coefficient (Wildman–Crippen LogP) is 2.49. The minimum Gasteiger partial charge on any atom is -0.241 e. The van der Waals surface area contributed by atoms with Gasteiger partial charge >= 0.3 is 0 Å². The minimum absolute atomic E-state index is 0.533. The number of pyridine rings is 1. The molecule has 0 saturated heterocycles. The molecule has 0 fully saturated rings. The lowest BCUT2D eigenvalue weighted by Crippen LogP contribution is -1.87. The number of halogens is 1.